The van der Waals surface area contributed by atoms with E-state index in [4.69, 9.17) is 0 Å². The summed E-state index contributed by atoms with van der Waals surface area (Å²) >= 11 is 0. The first-order valence-electron chi connectivity index (χ1n) is 22.1. The lowest BCUT2D eigenvalue weighted by Crippen LogP contribution is -2.30. The number of unbranched alkanes of at least 4 members (excludes halogenated alkanes) is 7. The van der Waals surface area contributed by atoms with Crippen molar-refractivity contribution in [3.63, 3.8) is 0 Å². The minimum atomic E-state index is -0.236. The number of rotatable bonds is 47. The van der Waals surface area contributed by atoms with E-state index in [2.05, 4.69) is 67.0 Å². The Hall–Kier alpha value is -0.480. The van der Waals surface area contributed by atoms with Gasteiger partial charge in [-0.2, -0.15) is 0 Å². The van der Waals surface area contributed by atoms with Crippen molar-refractivity contribution in [3.05, 3.63) is 0 Å². The second kappa shape index (κ2) is 46.7. The van der Waals surface area contributed by atoms with Crippen molar-refractivity contribution in [1.29, 1.82) is 0 Å². The average molecular weight is 745 g/mol. The number of hydrogen-bond donors (Lipinski definition) is 12. The lowest BCUT2D eigenvalue weighted by molar-refractivity contribution is 0.161. The molecule has 0 aliphatic heterocycles. The van der Waals surface area contributed by atoms with Gasteiger partial charge in [-0.15, -0.1) is 0 Å². The highest BCUT2D eigenvalue weighted by molar-refractivity contribution is 4.63. The minimum Gasteiger partial charge on any atom is -0.392 e. The van der Waals surface area contributed by atoms with E-state index in [9.17, 15) is 10.2 Å². The maximum Gasteiger partial charge on any atom is 0.0676 e. The van der Waals surface area contributed by atoms with Gasteiger partial charge in [-0.25, -0.2) is 0 Å². The molecule has 12 N–H and O–H groups in total. The SMILES string of the molecule is CCNCC(O)CCNCCCCNCCCCNCCCCNCCCCCNCCCNCCCCNCCCCNCCC(O)CNCC. The summed E-state index contributed by atoms with van der Waals surface area (Å²) in [6, 6.07) is 0. The lowest BCUT2D eigenvalue weighted by Gasteiger charge is -2.11. The van der Waals surface area contributed by atoms with Gasteiger partial charge in [0, 0.05) is 13.1 Å². The largest absolute Gasteiger partial charge is 0.392 e. The predicted octanol–water partition coefficient (Wildman–Crippen LogP) is 1.89. The van der Waals surface area contributed by atoms with Crippen LogP contribution in [-0.4, -0.2) is 153 Å². The van der Waals surface area contributed by atoms with Crippen molar-refractivity contribution >= 4 is 0 Å². The van der Waals surface area contributed by atoms with Crippen molar-refractivity contribution in [3.8, 4) is 0 Å². The fourth-order valence-corrected chi connectivity index (χ4v) is 5.88. The van der Waals surface area contributed by atoms with Gasteiger partial charge in [0.05, 0.1) is 12.2 Å². The highest BCUT2D eigenvalue weighted by Crippen LogP contribution is 1.95. The molecule has 0 aliphatic carbocycles. The Balaban J connectivity index is 3.09. The van der Waals surface area contributed by atoms with Gasteiger partial charge in [0.25, 0.3) is 0 Å². The molecule has 2 atom stereocenters. The first-order chi connectivity index (χ1) is 25.7. The molecule has 0 saturated heterocycles. The van der Waals surface area contributed by atoms with Crippen LogP contribution in [0.3, 0.4) is 0 Å². The maximum absolute atomic E-state index is 9.80. The molecule has 0 amide bonds. The van der Waals surface area contributed by atoms with Crippen LogP contribution < -0.4 is 53.2 Å². The van der Waals surface area contributed by atoms with Gasteiger partial charge < -0.3 is 63.4 Å². The van der Waals surface area contributed by atoms with Crippen molar-refractivity contribution in [1.82, 2.24) is 53.2 Å². The van der Waals surface area contributed by atoms with Gasteiger partial charge in [-0.05, 0) is 214 Å². The van der Waals surface area contributed by atoms with Crippen LogP contribution in [0, 0.1) is 0 Å². The molecule has 52 heavy (non-hydrogen) atoms. The third-order valence-electron chi connectivity index (χ3n) is 9.27. The summed E-state index contributed by atoms with van der Waals surface area (Å²) in [6.07, 6.45) is 18.5. The van der Waals surface area contributed by atoms with Crippen LogP contribution >= 0.6 is 0 Å². The van der Waals surface area contributed by atoms with Gasteiger partial charge in [-0.1, -0.05) is 20.3 Å². The Morgan fingerprint density at radius 2 is 0.481 bits per heavy atom. The molecule has 0 heterocycles. The van der Waals surface area contributed by atoms with Crippen LogP contribution in [0.15, 0.2) is 0 Å². The maximum atomic E-state index is 9.80. The van der Waals surface area contributed by atoms with Crippen molar-refractivity contribution < 1.29 is 10.2 Å². The monoisotopic (exact) mass is 745 g/mol. The lowest BCUT2D eigenvalue weighted by atomic mass is 10.2. The molecule has 0 aliphatic rings. The predicted molar refractivity (Wildman–Crippen MR) is 226 cm³/mol. The van der Waals surface area contributed by atoms with Crippen LogP contribution in [0.5, 0.6) is 0 Å². The number of aliphatic hydroxyl groups excluding tert-OH is 2. The van der Waals surface area contributed by atoms with E-state index in [1.165, 1.54) is 89.9 Å². The van der Waals surface area contributed by atoms with Crippen LogP contribution in [-0.2, 0) is 0 Å². The highest BCUT2D eigenvalue weighted by Gasteiger charge is 2.03. The summed E-state index contributed by atoms with van der Waals surface area (Å²) in [5.74, 6) is 0. The summed E-state index contributed by atoms with van der Waals surface area (Å²) in [5.41, 5.74) is 0. The van der Waals surface area contributed by atoms with Gasteiger partial charge in [0.2, 0.25) is 0 Å². The summed E-state index contributed by atoms with van der Waals surface area (Å²) in [7, 11) is 0. The Morgan fingerprint density at radius 1 is 0.269 bits per heavy atom. The quantitative estimate of drug-likeness (QED) is 0.0411. The van der Waals surface area contributed by atoms with Crippen LogP contribution in [0.4, 0.5) is 0 Å². The van der Waals surface area contributed by atoms with E-state index in [0.717, 1.165) is 131 Å². The first kappa shape index (κ1) is 51.5. The van der Waals surface area contributed by atoms with Crippen molar-refractivity contribution in [2.45, 2.75) is 129 Å². The molecule has 2 unspecified atom stereocenters. The molecule has 0 rings (SSSR count). The normalized spacial score (nSPS) is 12.9. The molecule has 0 aromatic rings. The fraction of sp³-hybridized carbons (Fsp3) is 1.00. The third kappa shape index (κ3) is 45.7. The summed E-state index contributed by atoms with van der Waals surface area (Å²) in [4.78, 5) is 0. The third-order valence-corrected chi connectivity index (χ3v) is 9.27. The minimum absolute atomic E-state index is 0.236. The summed E-state index contributed by atoms with van der Waals surface area (Å²) in [6.45, 7) is 24.7. The van der Waals surface area contributed by atoms with Gasteiger partial charge in [0.15, 0.2) is 0 Å². The van der Waals surface area contributed by atoms with E-state index in [1.807, 2.05) is 0 Å². The van der Waals surface area contributed by atoms with E-state index in [0.29, 0.717) is 13.1 Å². The smallest absolute Gasteiger partial charge is 0.0676 e. The van der Waals surface area contributed by atoms with E-state index >= 15 is 0 Å². The summed E-state index contributed by atoms with van der Waals surface area (Å²) in [5, 5.41) is 54.4. The van der Waals surface area contributed by atoms with E-state index in [-0.39, 0.29) is 12.2 Å². The molecule has 0 bridgehead atoms. The second-order valence-electron chi connectivity index (χ2n) is 14.5. The van der Waals surface area contributed by atoms with Gasteiger partial charge in [-0.3, -0.25) is 0 Å². The van der Waals surface area contributed by atoms with Gasteiger partial charge >= 0.3 is 0 Å². The average Bonchev–Trinajstić information content (AvgIpc) is 3.15. The molecule has 0 spiro atoms. The molecular formula is C40H92N10O2. The molecule has 0 aromatic heterocycles. The zero-order valence-electron chi connectivity index (χ0n) is 34.5. The zero-order chi connectivity index (χ0) is 37.7. The standard InChI is InChI=1S/C40H92N10O2/c1-3-41-37-39(51)19-35-49-31-16-14-28-45-26-11-10-25-44-24-9-8-23-43-21-6-5-7-22-47-33-18-34-48-30-13-12-27-46-29-15-17-32-50-36-20-40(52)38-42-4-2/h39-52H,3-38H2,1-2H3. The zero-order valence-corrected chi connectivity index (χ0v) is 34.5. The molecule has 0 saturated carbocycles. The number of hydrogen-bond acceptors (Lipinski definition) is 12. The fourth-order valence-electron chi connectivity index (χ4n) is 5.88. The molecule has 12 nitrogen and oxygen atoms in total. The molecule has 0 fully saturated rings. The van der Waals surface area contributed by atoms with Crippen LogP contribution in [0.1, 0.15) is 117 Å². The molecular weight excluding hydrogens is 653 g/mol. The van der Waals surface area contributed by atoms with E-state index < -0.39 is 0 Å². The molecule has 12 heteroatoms. The van der Waals surface area contributed by atoms with Crippen molar-refractivity contribution in [2.75, 3.05) is 131 Å². The Bertz CT molecular complexity index is 589. The summed E-state index contributed by atoms with van der Waals surface area (Å²) < 4.78 is 0. The molecule has 0 radical (unpaired) electrons. The van der Waals surface area contributed by atoms with Gasteiger partial charge in [0.1, 0.15) is 0 Å². The van der Waals surface area contributed by atoms with Crippen LogP contribution in [0.25, 0.3) is 0 Å². The number of likely N-dealkylation sites (N-methyl/N-ethyl adjacent to an activating group) is 2. The Kier molecular flexibility index (Phi) is 46.2. The van der Waals surface area contributed by atoms with E-state index in [1.54, 1.807) is 0 Å². The topological polar surface area (TPSA) is 161 Å². The molecule has 314 valence electrons. The second-order valence-corrected chi connectivity index (χ2v) is 14.5. The van der Waals surface area contributed by atoms with Crippen molar-refractivity contribution in [2.24, 2.45) is 0 Å². The molecule has 0 aromatic carbocycles. The Labute approximate surface area is 322 Å². The number of aliphatic hydroxyl groups is 2. The first-order valence-corrected chi connectivity index (χ1v) is 22.1. The van der Waals surface area contributed by atoms with Crippen LogP contribution in [0.2, 0.25) is 0 Å². The Morgan fingerprint density at radius 3 is 0.731 bits per heavy atom. The highest BCUT2D eigenvalue weighted by atomic mass is 16.3. The number of nitrogens with one attached hydrogen (secondary N) is 10.